The van der Waals surface area contributed by atoms with Crippen molar-refractivity contribution in [2.45, 2.75) is 23.7 Å². The molecule has 0 saturated heterocycles. The second kappa shape index (κ2) is 13.2. The fourth-order valence-corrected chi connectivity index (χ4v) is 8.85. The molecule has 234 valence electrons. The van der Waals surface area contributed by atoms with Crippen LogP contribution in [0.15, 0.2) is 193 Å². The molecule has 1 N–H and O–H groups in total. The lowest BCUT2D eigenvalue weighted by atomic mass is 9.73. The molecule has 8 rings (SSSR count). The fraction of sp³-hybridized carbons (Fsp3) is 0.111. The quantitative estimate of drug-likeness (QED) is 0.158. The highest BCUT2D eigenvalue weighted by molar-refractivity contribution is 7.10. The summed E-state index contributed by atoms with van der Waals surface area (Å²) in [6.07, 6.45) is 0. The highest BCUT2D eigenvalue weighted by Crippen LogP contribution is 2.48. The van der Waals surface area contributed by atoms with Gasteiger partial charge in [0.25, 0.3) is 0 Å². The standard InChI is InChI=1S/C45H38N2S/c1-7-19-36(20-8-1)44(37-21-9-2-10-22-37,38-23-11-3-12-24-38)46-42-34-47(33-35-31-32-48-43(35)42)45(39-25-13-4-14-26-39,40-27-15-5-16-28-40)41-29-17-6-18-30-41/h1-32,42,46H,33-34H2. The Labute approximate surface area is 288 Å². The van der Waals surface area contributed by atoms with Gasteiger partial charge in [-0.3, -0.25) is 10.2 Å². The van der Waals surface area contributed by atoms with Crippen LogP contribution >= 0.6 is 11.3 Å². The molecule has 0 spiro atoms. The Kier molecular flexibility index (Phi) is 8.34. The molecular formula is C45H38N2S. The van der Waals surface area contributed by atoms with Gasteiger partial charge in [0.1, 0.15) is 0 Å². The van der Waals surface area contributed by atoms with Gasteiger partial charge in [0, 0.05) is 18.0 Å². The molecule has 1 atom stereocenters. The number of benzene rings is 6. The van der Waals surface area contributed by atoms with Crippen molar-refractivity contribution in [2.24, 2.45) is 0 Å². The van der Waals surface area contributed by atoms with Gasteiger partial charge < -0.3 is 0 Å². The SMILES string of the molecule is c1ccc(C(NC2CN(C(c3ccccc3)(c3ccccc3)c3ccccc3)Cc3ccsc32)(c2ccccc2)c2ccccc2)cc1. The van der Waals surface area contributed by atoms with Gasteiger partial charge in [-0.2, -0.15) is 0 Å². The van der Waals surface area contributed by atoms with E-state index in [1.165, 1.54) is 43.8 Å². The van der Waals surface area contributed by atoms with Crippen molar-refractivity contribution in [3.05, 3.63) is 237 Å². The Morgan fingerprint density at radius 2 is 0.812 bits per heavy atom. The summed E-state index contributed by atoms with van der Waals surface area (Å²) in [6.45, 7) is 1.64. The maximum Gasteiger partial charge on any atom is 0.0976 e. The predicted octanol–water partition coefficient (Wildman–Crippen LogP) is 10.2. The first-order chi connectivity index (χ1) is 23.8. The Morgan fingerprint density at radius 1 is 0.458 bits per heavy atom. The number of hydrogen-bond acceptors (Lipinski definition) is 3. The summed E-state index contributed by atoms with van der Waals surface area (Å²) in [5.74, 6) is 0. The maximum atomic E-state index is 4.39. The Bertz CT molecular complexity index is 1850. The Morgan fingerprint density at radius 3 is 1.19 bits per heavy atom. The van der Waals surface area contributed by atoms with E-state index in [0.29, 0.717) is 0 Å². The average Bonchev–Trinajstić information content (AvgIpc) is 3.66. The Balaban J connectivity index is 1.35. The molecule has 0 radical (unpaired) electrons. The van der Waals surface area contributed by atoms with Crippen LogP contribution in [-0.2, 0) is 17.6 Å². The summed E-state index contributed by atoms with van der Waals surface area (Å²) >= 11 is 1.87. The van der Waals surface area contributed by atoms with E-state index in [9.17, 15) is 0 Å². The molecule has 1 aliphatic heterocycles. The molecule has 7 aromatic rings. The van der Waals surface area contributed by atoms with Crippen molar-refractivity contribution < 1.29 is 0 Å². The summed E-state index contributed by atoms with van der Waals surface area (Å²) < 4.78 is 0. The zero-order valence-electron chi connectivity index (χ0n) is 26.8. The number of hydrogen-bond donors (Lipinski definition) is 1. The van der Waals surface area contributed by atoms with E-state index in [2.05, 4.69) is 204 Å². The molecule has 1 aromatic heterocycles. The van der Waals surface area contributed by atoms with Gasteiger partial charge >= 0.3 is 0 Å². The van der Waals surface area contributed by atoms with E-state index in [1.807, 2.05) is 11.3 Å². The molecule has 0 amide bonds. The molecule has 0 aliphatic carbocycles. The summed E-state index contributed by atoms with van der Waals surface area (Å²) in [5, 5.41) is 6.66. The van der Waals surface area contributed by atoms with Crippen LogP contribution in [0.2, 0.25) is 0 Å². The van der Waals surface area contributed by atoms with E-state index in [0.717, 1.165) is 13.1 Å². The van der Waals surface area contributed by atoms with Crippen LogP contribution in [0.5, 0.6) is 0 Å². The maximum absolute atomic E-state index is 4.39. The number of thiophene rings is 1. The molecule has 2 nitrogen and oxygen atoms in total. The lowest BCUT2D eigenvalue weighted by molar-refractivity contribution is 0.112. The second-order valence-corrected chi connectivity index (χ2v) is 13.5. The Hall–Kier alpha value is -5.06. The molecule has 2 heterocycles. The van der Waals surface area contributed by atoms with Crippen LogP contribution in [0.25, 0.3) is 0 Å². The van der Waals surface area contributed by atoms with E-state index in [4.69, 9.17) is 0 Å². The van der Waals surface area contributed by atoms with Gasteiger partial charge in [-0.25, -0.2) is 0 Å². The first-order valence-corrected chi connectivity index (χ1v) is 17.6. The molecule has 0 fully saturated rings. The van der Waals surface area contributed by atoms with Crippen LogP contribution in [0.3, 0.4) is 0 Å². The third kappa shape index (κ3) is 5.21. The van der Waals surface area contributed by atoms with Crippen molar-refractivity contribution in [2.75, 3.05) is 6.54 Å². The number of nitrogens with one attached hydrogen (secondary N) is 1. The summed E-state index contributed by atoms with van der Waals surface area (Å²) in [4.78, 5) is 4.12. The molecule has 1 unspecified atom stereocenters. The highest BCUT2D eigenvalue weighted by atomic mass is 32.1. The fourth-order valence-electron chi connectivity index (χ4n) is 7.89. The number of rotatable bonds is 9. The third-order valence-electron chi connectivity index (χ3n) is 9.92. The van der Waals surface area contributed by atoms with Gasteiger partial charge in [0.15, 0.2) is 0 Å². The largest absolute Gasteiger partial charge is 0.291 e. The highest BCUT2D eigenvalue weighted by Gasteiger charge is 2.47. The van der Waals surface area contributed by atoms with E-state index in [1.54, 1.807) is 0 Å². The lowest BCUT2D eigenvalue weighted by Gasteiger charge is -2.50. The normalized spacial score (nSPS) is 15.1. The van der Waals surface area contributed by atoms with Crippen LogP contribution in [0, 0.1) is 0 Å². The van der Waals surface area contributed by atoms with Crippen molar-refractivity contribution in [1.29, 1.82) is 0 Å². The minimum absolute atomic E-state index is 0.0323. The number of nitrogens with zero attached hydrogens (tertiary/aromatic N) is 1. The van der Waals surface area contributed by atoms with E-state index < -0.39 is 11.1 Å². The van der Waals surface area contributed by atoms with Crippen molar-refractivity contribution in [1.82, 2.24) is 10.2 Å². The first-order valence-electron chi connectivity index (χ1n) is 16.7. The predicted molar refractivity (Wildman–Crippen MR) is 199 cm³/mol. The smallest absolute Gasteiger partial charge is 0.0976 e. The van der Waals surface area contributed by atoms with Crippen LogP contribution in [0.4, 0.5) is 0 Å². The van der Waals surface area contributed by atoms with Gasteiger partial charge in [0.2, 0.25) is 0 Å². The zero-order valence-corrected chi connectivity index (χ0v) is 27.6. The topological polar surface area (TPSA) is 15.3 Å². The summed E-state index contributed by atoms with van der Waals surface area (Å²) in [5.41, 5.74) is 7.72. The third-order valence-corrected chi connectivity index (χ3v) is 11.0. The number of fused-ring (bicyclic) bond motifs is 1. The van der Waals surface area contributed by atoms with Gasteiger partial charge in [0.05, 0.1) is 17.1 Å². The van der Waals surface area contributed by atoms with Crippen LogP contribution in [-0.4, -0.2) is 11.4 Å². The minimum atomic E-state index is -0.590. The molecule has 6 aromatic carbocycles. The molecule has 0 saturated carbocycles. The minimum Gasteiger partial charge on any atom is -0.291 e. The molecule has 48 heavy (non-hydrogen) atoms. The van der Waals surface area contributed by atoms with Crippen molar-refractivity contribution >= 4 is 11.3 Å². The molecule has 1 aliphatic rings. The lowest BCUT2D eigenvalue weighted by Crippen LogP contribution is -2.55. The second-order valence-electron chi connectivity index (χ2n) is 12.5. The van der Waals surface area contributed by atoms with Gasteiger partial charge in [-0.05, 0) is 50.4 Å². The van der Waals surface area contributed by atoms with Gasteiger partial charge in [-0.1, -0.05) is 182 Å². The van der Waals surface area contributed by atoms with E-state index in [-0.39, 0.29) is 6.04 Å². The first kappa shape index (κ1) is 30.3. The van der Waals surface area contributed by atoms with E-state index >= 15 is 0 Å². The van der Waals surface area contributed by atoms with Gasteiger partial charge in [-0.15, -0.1) is 11.3 Å². The zero-order chi connectivity index (χ0) is 32.2. The molecular weight excluding hydrogens is 601 g/mol. The van der Waals surface area contributed by atoms with Crippen molar-refractivity contribution in [3.8, 4) is 0 Å². The molecule has 3 heteroatoms. The average molecular weight is 639 g/mol. The van der Waals surface area contributed by atoms with Crippen molar-refractivity contribution in [3.63, 3.8) is 0 Å². The summed E-state index contributed by atoms with van der Waals surface area (Å²) in [6, 6.07) is 68.5. The van der Waals surface area contributed by atoms with Crippen LogP contribution in [0.1, 0.15) is 49.9 Å². The van der Waals surface area contributed by atoms with Crippen LogP contribution < -0.4 is 5.32 Å². The summed E-state index contributed by atoms with van der Waals surface area (Å²) in [7, 11) is 0. The monoisotopic (exact) mass is 638 g/mol. The molecule has 0 bridgehead atoms.